The molecule has 2 saturated heterocycles. The molecule has 5 nitrogen and oxygen atoms in total. The lowest BCUT2D eigenvalue weighted by molar-refractivity contribution is -0.139. The number of hydrogen-bond donors (Lipinski definition) is 1. The highest BCUT2D eigenvalue weighted by atomic mass is 16.2. The largest absolute Gasteiger partial charge is 0.348 e. The molecule has 0 radical (unpaired) electrons. The molecule has 1 spiro atoms. The Labute approximate surface area is 139 Å². The Morgan fingerprint density at radius 2 is 2.22 bits per heavy atom. The molecule has 0 bridgehead atoms. The van der Waals surface area contributed by atoms with E-state index in [0.717, 1.165) is 57.8 Å². The fourth-order valence-electron chi connectivity index (χ4n) is 4.09. The molecule has 3 heterocycles. The summed E-state index contributed by atoms with van der Waals surface area (Å²) in [5, 5.41) is 0. The minimum atomic E-state index is 0.301. The van der Waals surface area contributed by atoms with Crippen molar-refractivity contribution in [3.05, 3.63) is 18.2 Å². The van der Waals surface area contributed by atoms with Crippen molar-refractivity contribution in [3.63, 3.8) is 0 Å². The van der Waals surface area contributed by atoms with Gasteiger partial charge in [-0.25, -0.2) is 4.98 Å². The van der Waals surface area contributed by atoms with Gasteiger partial charge in [0.1, 0.15) is 5.82 Å². The monoisotopic (exact) mass is 318 g/mol. The first-order valence-electron chi connectivity index (χ1n) is 9.05. The van der Waals surface area contributed by atoms with Gasteiger partial charge in [0.15, 0.2) is 0 Å². The highest BCUT2D eigenvalue weighted by molar-refractivity contribution is 5.77. The fraction of sp³-hybridized carbons (Fsp3) is 0.778. The average Bonchev–Trinajstić information content (AvgIpc) is 3.02. The second-order valence-electron chi connectivity index (χ2n) is 7.85. The molecule has 1 N–H and O–H groups in total. The molecule has 0 aliphatic carbocycles. The van der Waals surface area contributed by atoms with Gasteiger partial charge in [0.25, 0.3) is 0 Å². The first-order valence-corrected chi connectivity index (χ1v) is 9.05. The number of likely N-dealkylation sites (tertiary alicyclic amines) is 2. The summed E-state index contributed by atoms with van der Waals surface area (Å²) in [4.78, 5) is 24.5. The fourth-order valence-corrected chi connectivity index (χ4v) is 4.09. The maximum absolute atomic E-state index is 12.3. The van der Waals surface area contributed by atoms with Gasteiger partial charge < -0.3 is 9.88 Å². The van der Waals surface area contributed by atoms with E-state index in [1.807, 2.05) is 12.4 Å². The quantitative estimate of drug-likeness (QED) is 0.908. The van der Waals surface area contributed by atoms with E-state index in [1.165, 1.54) is 12.8 Å². The molecule has 1 aromatic rings. The maximum Gasteiger partial charge on any atom is 0.222 e. The van der Waals surface area contributed by atoms with Crippen molar-refractivity contribution in [3.8, 4) is 0 Å². The van der Waals surface area contributed by atoms with E-state index in [9.17, 15) is 4.79 Å². The molecule has 3 rings (SSSR count). The standard InChI is InChI=1S/C18H30N4O/c1-15(2)5-11-22-14-18(7-4-17(22)23)6-3-10-21(13-18)12-16-19-8-9-20-16/h8-9,15H,3-7,10-14H2,1-2H3,(H,19,20)/t18-/m1/s1. The molecule has 0 saturated carbocycles. The first-order chi connectivity index (χ1) is 11.1. The van der Waals surface area contributed by atoms with Crippen LogP contribution in [0.25, 0.3) is 0 Å². The Hall–Kier alpha value is -1.36. The van der Waals surface area contributed by atoms with Crippen LogP contribution in [0.15, 0.2) is 12.4 Å². The summed E-state index contributed by atoms with van der Waals surface area (Å²) in [6.07, 6.45) is 9.09. The Kier molecular flexibility index (Phi) is 5.05. The van der Waals surface area contributed by atoms with Crippen LogP contribution in [0.2, 0.25) is 0 Å². The number of amides is 1. The third-order valence-corrected chi connectivity index (χ3v) is 5.39. The van der Waals surface area contributed by atoms with Gasteiger partial charge in [-0.2, -0.15) is 0 Å². The van der Waals surface area contributed by atoms with Crippen molar-refractivity contribution >= 4 is 5.91 Å². The van der Waals surface area contributed by atoms with E-state index >= 15 is 0 Å². The predicted molar refractivity (Wildman–Crippen MR) is 90.8 cm³/mol. The van der Waals surface area contributed by atoms with Crippen LogP contribution in [0.4, 0.5) is 0 Å². The summed E-state index contributed by atoms with van der Waals surface area (Å²) >= 11 is 0. The molecule has 128 valence electrons. The summed E-state index contributed by atoms with van der Waals surface area (Å²) in [6, 6.07) is 0. The lowest BCUT2D eigenvalue weighted by Crippen LogP contribution is -2.54. The van der Waals surface area contributed by atoms with Crippen LogP contribution < -0.4 is 0 Å². The number of nitrogens with zero attached hydrogens (tertiary/aromatic N) is 3. The van der Waals surface area contributed by atoms with Crippen molar-refractivity contribution < 1.29 is 4.79 Å². The molecular weight excluding hydrogens is 288 g/mol. The highest BCUT2D eigenvalue weighted by Crippen LogP contribution is 2.39. The Bertz CT molecular complexity index is 513. The lowest BCUT2D eigenvalue weighted by atomic mass is 9.73. The summed E-state index contributed by atoms with van der Waals surface area (Å²) in [5.41, 5.74) is 0.301. The van der Waals surface area contributed by atoms with Crippen molar-refractivity contribution in [1.82, 2.24) is 19.8 Å². The van der Waals surface area contributed by atoms with E-state index in [0.29, 0.717) is 17.2 Å². The van der Waals surface area contributed by atoms with Crippen LogP contribution in [0.3, 0.4) is 0 Å². The van der Waals surface area contributed by atoms with Crippen molar-refractivity contribution in [2.24, 2.45) is 11.3 Å². The highest BCUT2D eigenvalue weighted by Gasteiger charge is 2.41. The number of piperidine rings is 2. The zero-order valence-corrected chi connectivity index (χ0v) is 14.6. The molecule has 2 fully saturated rings. The van der Waals surface area contributed by atoms with Crippen LogP contribution in [0, 0.1) is 11.3 Å². The van der Waals surface area contributed by atoms with Gasteiger partial charge in [-0.3, -0.25) is 9.69 Å². The van der Waals surface area contributed by atoms with Gasteiger partial charge in [-0.15, -0.1) is 0 Å². The Morgan fingerprint density at radius 1 is 1.35 bits per heavy atom. The van der Waals surface area contributed by atoms with E-state index < -0.39 is 0 Å². The molecule has 2 aliphatic rings. The molecule has 1 atom stereocenters. The summed E-state index contributed by atoms with van der Waals surface area (Å²) in [7, 11) is 0. The first kappa shape index (κ1) is 16.5. The van der Waals surface area contributed by atoms with E-state index in [2.05, 4.69) is 33.6 Å². The van der Waals surface area contributed by atoms with Gasteiger partial charge in [-0.05, 0) is 38.1 Å². The minimum absolute atomic E-state index is 0.301. The molecule has 1 aromatic heterocycles. The van der Waals surface area contributed by atoms with Crippen molar-refractivity contribution in [2.75, 3.05) is 26.2 Å². The number of aromatic amines is 1. The predicted octanol–water partition coefficient (Wildman–Crippen LogP) is 2.66. The average molecular weight is 318 g/mol. The number of hydrogen-bond acceptors (Lipinski definition) is 3. The zero-order chi connectivity index (χ0) is 16.3. The summed E-state index contributed by atoms with van der Waals surface area (Å²) in [5.74, 6) is 2.06. The zero-order valence-electron chi connectivity index (χ0n) is 14.6. The van der Waals surface area contributed by atoms with E-state index in [1.54, 1.807) is 0 Å². The smallest absolute Gasteiger partial charge is 0.222 e. The second kappa shape index (κ2) is 7.04. The van der Waals surface area contributed by atoms with Gasteiger partial charge in [0, 0.05) is 43.9 Å². The molecule has 0 unspecified atom stereocenters. The second-order valence-corrected chi connectivity index (χ2v) is 7.85. The van der Waals surface area contributed by atoms with E-state index in [-0.39, 0.29) is 0 Å². The topological polar surface area (TPSA) is 52.2 Å². The number of H-pyrrole nitrogens is 1. The van der Waals surface area contributed by atoms with Crippen molar-refractivity contribution in [1.29, 1.82) is 0 Å². The number of carbonyl (C=O) groups excluding carboxylic acids is 1. The van der Waals surface area contributed by atoms with Gasteiger partial charge in [-0.1, -0.05) is 13.8 Å². The van der Waals surface area contributed by atoms with Crippen LogP contribution in [-0.2, 0) is 11.3 Å². The van der Waals surface area contributed by atoms with Crippen molar-refractivity contribution in [2.45, 2.75) is 52.5 Å². The number of imidazole rings is 1. The third-order valence-electron chi connectivity index (χ3n) is 5.39. The van der Waals surface area contributed by atoms with Crippen LogP contribution in [0.1, 0.15) is 51.8 Å². The van der Waals surface area contributed by atoms with Crippen LogP contribution in [-0.4, -0.2) is 51.9 Å². The number of aromatic nitrogens is 2. The van der Waals surface area contributed by atoms with Crippen LogP contribution >= 0.6 is 0 Å². The summed E-state index contributed by atoms with van der Waals surface area (Å²) in [6.45, 7) is 9.48. The molecule has 0 aromatic carbocycles. The molecule has 1 amide bonds. The number of nitrogens with one attached hydrogen (secondary N) is 1. The van der Waals surface area contributed by atoms with Gasteiger partial charge in [0.05, 0.1) is 6.54 Å². The Morgan fingerprint density at radius 3 is 2.96 bits per heavy atom. The number of carbonyl (C=O) groups is 1. The molecule has 2 aliphatic heterocycles. The third kappa shape index (κ3) is 4.14. The van der Waals surface area contributed by atoms with Gasteiger partial charge >= 0.3 is 0 Å². The van der Waals surface area contributed by atoms with Crippen LogP contribution in [0.5, 0.6) is 0 Å². The number of rotatable bonds is 5. The maximum atomic E-state index is 12.3. The molecule has 23 heavy (non-hydrogen) atoms. The normalized spacial score (nSPS) is 26.4. The SMILES string of the molecule is CC(C)CCN1C[C@]2(CCCN(Cc3ncc[nH]3)C2)CCC1=O. The minimum Gasteiger partial charge on any atom is -0.348 e. The lowest BCUT2D eigenvalue weighted by Gasteiger charge is -2.48. The summed E-state index contributed by atoms with van der Waals surface area (Å²) < 4.78 is 0. The van der Waals surface area contributed by atoms with Gasteiger partial charge in [0.2, 0.25) is 5.91 Å². The molecular formula is C18H30N4O. The molecule has 5 heteroatoms. The Balaban J connectivity index is 1.61. The van der Waals surface area contributed by atoms with E-state index in [4.69, 9.17) is 0 Å².